The Bertz CT molecular complexity index is 317. The molecule has 2 N–H and O–H groups in total. The molecule has 1 aromatic carbocycles. The molecule has 1 nitrogen and oxygen atoms in total. The summed E-state index contributed by atoms with van der Waals surface area (Å²) in [5, 5.41) is 0. The van der Waals surface area contributed by atoms with Gasteiger partial charge in [-0.15, -0.1) is 0 Å². The molecule has 1 atom stereocenters. The van der Waals surface area contributed by atoms with Crippen molar-refractivity contribution in [2.45, 2.75) is 58.9 Å². The number of hydrogen-bond donors (Lipinski definition) is 1. The Hall–Kier alpha value is -0.820. The van der Waals surface area contributed by atoms with E-state index < -0.39 is 0 Å². The monoisotopic (exact) mass is 219 g/mol. The third-order valence-electron chi connectivity index (χ3n) is 3.20. The minimum absolute atomic E-state index is 0.219. The van der Waals surface area contributed by atoms with Crippen molar-refractivity contribution in [2.24, 2.45) is 5.73 Å². The second-order valence-corrected chi connectivity index (χ2v) is 4.82. The van der Waals surface area contributed by atoms with Gasteiger partial charge in [0.05, 0.1) is 0 Å². The van der Waals surface area contributed by atoms with Crippen molar-refractivity contribution in [1.29, 1.82) is 0 Å². The Morgan fingerprint density at radius 2 is 1.88 bits per heavy atom. The molecule has 0 bridgehead atoms. The molecule has 0 aliphatic carbocycles. The lowest BCUT2D eigenvalue weighted by Crippen LogP contribution is -2.11. The molecule has 1 aromatic rings. The summed E-state index contributed by atoms with van der Waals surface area (Å²) in [6.07, 6.45) is 6.31. The van der Waals surface area contributed by atoms with Gasteiger partial charge in [0.1, 0.15) is 0 Å². The van der Waals surface area contributed by atoms with Crippen LogP contribution >= 0.6 is 0 Å². The molecule has 16 heavy (non-hydrogen) atoms. The number of aryl methyl sites for hydroxylation is 2. The summed E-state index contributed by atoms with van der Waals surface area (Å²) >= 11 is 0. The van der Waals surface area contributed by atoms with Crippen molar-refractivity contribution in [3.8, 4) is 0 Å². The number of unbranched alkanes of at least 4 members (excludes halogenated alkanes) is 3. The Labute approximate surface area is 100 Å². The summed E-state index contributed by atoms with van der Waals surface area (Å²) in [6.45, 7) is 6.53. The first kappa shape index (κ1) is 13.2. The second-order valence-electron chi connectivity index (χ2n) is 4.82. The molecule has 0 fully saturated rings. The maximum absolute atomic E-state index is 6.25. The Morgan fingerprint density at radius 1 is 1.12 bits per heavy atom. The van der Waals surface area contributed by atoms with E-state index in [4.69, 9.17) is 5.73 Å². The molecular formula is C15H25N. The van der Waals surface area contributed by atoms with Crippen LogP contribution in [0.2, 0.25) is 0 Å². The first-order valence-electron chi connectivity index (χ1n) is 6.48. The van der Waals surface area contributed by atoms with Crippen LogP contribution in [0, 0.1) is 13.8 Å². The van der Waals surface area contributed by atoms with Crippen LogP contribution in [-0.4, -0.2) is 0 Å². The highest BCUT2D eigenvalue weighted by atomic mass is 14.6. The van der Waals surface area contributed by atoms with Gasteiger partial charge in [-0.2, -0.15) is 0 Å². The van der Waals surface area contributed by atoms with Crippen molar-refractivity contribution in [3.63, 3.8) is 0 Å². The van der Waals surface area contributed by atoms with Crippen LogP contribution in [0.3, 0.4) is 0 Å². The largest absolute Gasteiger partial charge is 0.324 e. The van der Waals surface area contributed by atoms with Gasteiger partial charge in [0.25, 0.3) is 0 Å². The Morgan fingerprint density at radius 3 is 2.56 bits per heavy atom. The number of hydrogen-bond acceptors (Lipinski definition) is 1. The van der Waals surface area contributed by atoms with Crippen LogP contribution < -0.4 is 5.73 Å². The van der Waals surface area contributed by atoms with Gasteiger partial charge in [-0.3, -0.25) is 0 Å². The Kier molecular flexibility index (Phi) is 5.54. The standard InChI is InChI=1S/C15H25N/c1-4-5-6-7-8-15(16)14-11-12(2)9-10-13(14)3/h9-11,15H,4-8,16H2,1-3H3. The minimum Gasteiger partial charge on any atom is -0.324 e. The molecule has 0 aliphatic heterocycles. The molecule has 0 spiro atoms. The van der Waals surface area contributed by atoms with E-state index in [9.17, 15) is 0 Å². The predicted molar refractivity (Wildman–Crippen MR) is 71.6 cm³/mol. The zero-order valence-corrected chi connectivity index (χ0v) is 10.9. The minimum atomic E-state index is 0.219. The van der Waals surface area contributed by atoms with Crippen LogP contribution in [0.5, 0.6) is 0 Å². The number of nitrogens with two attached hydrogens (primary N) is 1. The van der Waals surface area contributed by atoms with Crippen molar-refractivity contribution < 1.29 is 0 Å². The molecule has 90 valence electrons. The highest BCUT2D eigenvalue weighted by Gasteiger charge is 2.08. The smallest absolute Gasteiger partial charge is 0.0297 e. The van der Waals surface area contributed by atoms with E-state index in [1.807, 2.05) is 0 Å². The van der Waals surface area contributed by atoms with Gasteiger partial charge in [-0.05, 0) is 31.4 Å². The van der Waals surface area contributed by atoms with E-state index in [0.29, 0.717) is 0 Å². The molecule has 0 saturated heterocycles. The van der Waals surface area contributed by atoms with Crippen LogP contribution in [-0.2, 0) is 0 Å². The summed E-state index contributed by atoms with van der Waals surface area (Å²) in [5.41, 5.74) is 10.2. The van der Waals surface area contributed by atoms with Crippen LogP contribution in [0.15, 0.2) is 18.2 Å². The van der Waals surface area contributed by atoms with Crippen molar-refractivity contribution in [2.75, 3.05) is 0 Å². The normalized spacial score (nSPS) is 12.8. The van der Waals surface area contributed by atoms with Gasteiger partial charge < -0.3 is 5.73 Å². The van der Waals surface area contributed by atoms with Gasteiger partial charge in [-0.1, -0.05) is 56.4 Å². The van der Waals surface area contributed by atoms with Crippen LogP contribution in [0.4, 0.5) is 0 Å². The summed E-state index contributed by atoms with van der Waals surface area (Å²) in [7, 11) is 0. The molecule has 0 saturated carbocycles. The molecule has 0 radical (unpaired) electrons. The molecule has 1 rings (SSSR count). The molecule has 0 amide bonds. The molecule has 1 heteroatoms. The fourth-order valence-electron chi connectivity index (χ4n) is 2.11. The Balaban J connectivity index is 2.51. The maximum atomic E-state index is 6.25. The van der Waals surface area contributed by atoms with Crippen molar-refractivity contribution >= 4 is 0 Å². The average Bonchev–Trinajstić information content (AvgIpc) is 2.27. The average molecular weight is 219 g/mol. The first-order valence-corrected chi connectivity index (χ1v) is 6.48. The van der Waals surface area contributed by atoms with Gasteiger partial charge in [-0.25, -0.2) is 0 Å². The zero-order valence-electron chi connectivity index (χ0n) is 10.9. The lowest BCUT2D eigenvalue weighted by Gasteiger charge is -2.15. The quantitative estimate of drug-likeness (QED) is 0.710. The van der Waals surface area contributed by atoms with Crippen LogP contribution in [0.25, 0.3) is 0 Å². The fraction of sp³-hybridized carbons (Fsp3) is 0.600. The maximum Gasteiger partial charge on any atom is 0.0297 e. The molecular weight excluding hydrogens is 194 g/mol. The fourth-order valence-corrected chi connectivity index (χ4v) is 2.11. The summed E-state index contributed by atoms with van der Waals surface area (Å²) in [5.74, 6) is 0. The first-order chi connectivity index (χ1) is 7.65. The number of rotatable bonds is 6. The summed E-state index contributed by atoms with van der Waals surface area (Å²) in [6, 6.07) is 6.79. The van der Waals surface area contributed by atoms with Gasteiger partial charge in [0.15, 0.2) is 0 Å². The summed E-state index contributed by atoms with van der Waals surface area (Å²) in [4.78, 5) is 0. The molecule has 0 aromatic heterocycles. The van der Waals surface area contributed by atoms with Gasteiger partial charge >= 0.3 is 0 Å². The topological polar surface area (TPSA) is 26.0 Å². The lowest BCUT2D eigenvalue weighted by molar-refractivity contribution is 0.564. The third-order valence-corrected chi connectivity index (χ3v) is 3.20. The SMILES string of the molecule is CCCCCCC(N)c1cc(C)ccc1C. The number of benzene rings is 1. The molecule has 1 unspecified atom stereocenters. The van der Waals surface area contributed by atoms with Crippen molar-refractivity contribution in [3.05, 3.63) is 34.9 Å². The van der Waals surface area contributed by atoms with E-state index in [1.54, 1.807) is 0 Å². The van der Waals surface area contributed by atoms with Gasteiger partial charge in [0, 0.05) is 6.04 Å². The van der Waals surface area contributed by atoms with E-state index >= 15 is 0 Å². The van der Waals surface area contributed by atoms with Gasteiger partial charge in [0.2, 0.25) is 0 Å². The van der Waals surface area contributed by atoms with E-state index in [0.717, 1.165) is 6.42 Å². The highest BCUT2D eigenvalue weighted by Crippen LogP contribution is 2.22. The van der Waals surface area contributed by atoms with Crippen molar-refractivity contribution in [1.82, 2.24) is 0 Å². The van der Waals surface area contributed by atoms with E-state index in [-0.39, 0.29) is 6.04 Å². The second kappa shape index (κ2) is 6.70. The lowest BCUT2D eigenvalue weighted by atomic mass is 9.95. The molecule has 0 heterocycles. The van der Waals surface area contributed by atoms with Crippen LogP contribution in [0.1, 0.15) is 61.8 Å². The molecule has 0 aliphatic rings. The predicted octanol–water partition coefficient (Wildman–Crippen LogP) is 4.27. The summed E-state index contributed by atoms with van der Waals surface area (Å²) < 4.78 is 0. The van der Waals surface area contributed by atoms with E-state index in [2.05, 4.69) is 39.0 Å². The van der Waals surface area contributed by atoms with E-state index in [1.165, 1.54) is 42.4 Å². The third kappa shape index (κ3) is 3.97. The zero-order chi connectivity index (χ0) is 12.0. The highest BCUT2D eigenvalue weighted by molar-refractivity contribution is 5.32.